The number of rotatable bonds is 2. The van der Waals surface area contributed by atoms with Gasteiger partial charge in [-0.05, 0) is 6.92 Å². The Morgan fingerprint density at radius 1 is 1.69 bits per heavy atom. The van der Waals surface area contributed by atoms with E-state index in [2.05, 4.69) is 15.9 Å². The minimum atomic E-state index is -0.370. The molecule has 0 fully saturated rings. The summed E-state index contributed by atoms with van der Waals surface area (Å²) < 4.78 is 5.17. The molecule has 0 radical (unpaired) electrons. The van der Waals surface area contributed by atoms with Crippen LogP contribution >= 0.6 is 11.6 Å². The number of nitrogen functional groups attached to an aromatic ring is 1. The molecule has 0 spiro atoms. The number of halogens is 1. The number of anilines is 1. The third-order valence-electron chi connectivity index (χ3n) is 1.22. The van der Waals surface area contributed by atoms with E-state index in [-0.39, 0.29) is 23.1 Å². The second-order valence-corrected chi connectivity index (χ2v) is 2.70. The van der Waals surface area contributed by atoms with E-state index in [4.69, 9.17) is 28.5 Å². The van der Waals surface area contributed by atoms with Crippen molar-refractivity contribution in [3.05, 3.63) is 11.2 Å². The van der Waals surface area contributed by atoms with Gasteiger partial charge in [-0.25, -0.2) is 4.98 Å². The van der Waals surface area contributed by atoms with Crippen molar-refractivity contribution in [2.75, 3.05) is 5.73 Å². The van der Waals surface area contributed by atoms with Crippen molar-refractivity contribution in [3.8, 4) is 18.2 Å². The Morgan fingerprint density at radius 3 is 2.92 bits per heavy atom. The summed E-state index contributed by atoms with van der Waals surface area (Å²) in [5.74, 6) is 2.73. The molecular formula is C8H8ClN3O. The molecule has 1 heterocycles. The van der Waals surface area contributed by atoms with Crippen LogP contribution in [-0.2, 0) is 0 Å². The van der Waals surface area contributed by atoms with E-state index in [0.717, 1.165) is 0 Å². The van der Waals surface area contributed by atoms with Gasteiger partial charge in [0.15, 0.2) is 6.10 Å². The highest BCUT2D eigenvalue weighted by Crippen LogP contribution is 2.15. The molecule has 0 amide bonds. The molecule has 0 bridgehead atoms. The lowest BCUT2D eigenvalue weighted by atomic mass is 10.4. The zero-order chi connectivity index (χ0) is 9.84. The topological polar surface area (TPSA) is 61.0 Å². The summed E-state index contributed by atoms with van der Waals surface area (Å²) in [6.45, 7) is 1.71. The molecule has 4 nitrogen and oxygen atoms in total. The highest BCUT2D eigenvalue weighted by molar-refractivity contribution is 6.29. The fourth-order valence-electron chi connectivity index (χ4n) is 0.689. The molecular weight excluding hydrogens is 190 g/mol. The molecule has 0 saturated carbocycles. The predicted octanol–water partition coefficient (Wildman–Crippen LogP) is 1.11. The summed E-state index contributed by atoms with van der Waals surface area (Å²) in [5.41, 5.74) is 5.34. The molecule has 0 aromatic carbocycles. The van der Waals surface area contributed by atoms with Crippen LogP contribution in [0.5, 0.6) is 5.88 Å². The highest BCUT2D eigenvalue weighted by atomic mass is 35.5. The van der Waals surface area contributed by atoms with Crippen LogP contribution in [0.4, 0.5) is 5.95 Å². The first-order valence-electron chi connectivity index (χ1n) is 3.54. The monoisotopic (exact) mass is 197 g/mol. The Balaban J connectivity index is 2.84. The van der Waals surface area contributed by atoms with Gasteiger partial charge in [0.2, 0.25) is 11.8 Å². The van der Waals surface area contributed by atoms with Gasteiger partial charge in [0.25, 0.3) is 0 Å². The predicted molar refractivity (Wildman–Crippen MR) is 50.4 cm³/mol. The number of hydrogen-bond donors (Lipinski definition) is 1. The Bertz CT molecular complexity index is 327. The van der Waals surface area contributed by atoms with Gasteiger partial charge in [-0.1, -0.05) is 17.5 Å². The Morgan fingerprint density at radius 2 is 2.38 bits per heavy atom. The zero-order valence-corrected chi connectivity index (χ0v) is 7.75. The summed E-state index contributed by atoms with van der Waals surface area (Å²) in [6.07, 6.45) is 4.74. The van der Waals surface area contributed by atoms with Gasteiger partial charge >= 0.3 is 0 Å². The summed E-state index contributed by atoms with van der Waals surface area (Å²) in [4.78, 5) is 7.45. The number of ether oxygens (including phenoxy) is 1. The van der Waals surface area contributed by atoms with Gasteiger partial charge in [-0.15, -0.1) is 6.42 Å². The van der Waals surface area contributed by atoms with Crippen molar-refractivity contribution >= 4 is 17.5 Å². The van der Waals surface area contributed by atoms with E-state index in [0.29, 0.717) is 0 Å². The van der Waals surface area contributed by atoms with Crippen molar-refractivity contribution in [2.45, 2.75) is 13.0 Å². The molecule has 0 aliphatic heterocycles. The molecule has 68 valence electrons. The van der Waals surface area contributed by atoms with Gasteiger partial charge in [-0.3, -0.25) is 0 Å². The van der Waals surface area contributed by atoms with Crippen LogP contribution in [-0.4, -0.2) is 16.1 Å². The maximum Gasteiger partial charge on any atom is 0.224 e. The normalized spacial score (nSPS) is 11.8. The van der Waals surface area contributed by atoms with E-state index >= 15 is 0 Å². The second kappa shape index (κ2) is 3.97. The zero-order valence-electron chi connectivity index (χ0n) is 6.99. The lowest BCUT2D eigenvalue weighted by Gasteiger charge is -2.07. The first-order valence-corrected chi connectivity index (χ1v) is 3.92. The van der Waals surface area contributed by atoms with Crippen molar-refractivity contribution in [3.63, 3.8) is 0 Å². The fraction of sp³-hybridized carbons (Fsp3) is 0.250. The maximum atomic E-state index is 5.61. The van der Waals surface area contributed by atoms with E-state index < -0.39 is 0 Å². The first kappa shape index (κ1) is 9.62. The summed E-state index contributed by atoms with van der Waals surface area (Å²) in [6, 6.07) is 1.45. The van der Waals surface area contributed by atoms with Crippen LogP contribution in [0.15, 0.2) is 6.07 Å². The minimum Gasteiger partial charge on any atom is -0.461 e. The standard InChI is InChI=1S/C8H8ClN3O/c1-3-5(2)13-7-4-6(9)11-8(10)12-7/h1,4-5H,2H3,(H2,10,11,12). The van der Waals surface area contributed by atoms with Gasteiger partial charge < -0.3 is 10.5 Å². The molecule has 2 N–H and O–H groups in total. The molecule has 1 aromatic rings. The number of hydrogen-bond acceptors (Lipinski definition) is 4. The van der Waals surface area contributed by atoms with Gasteiger partial charge in [0, 0.05) is 6.07 Å². The summed E-state index contributed by atoms with van der Waals surface area (Å²) in [5, 5.41) is 0.228. The largest absolute Gasteiger partial charge is 0.461 e. The van der Waals surface area contributed by atoms with Gasteiger partial charge in [0.1, 0.15) is 5.15 Å². The molecule has 0 aliphatic rings. The average Bonchev–Trinajstić information content (AvgIpc) is 2.02. The van der Waals surface area contributed by atoms with E-state index in [1.165, 1.54) is 6.07 Å². The Hall–Kier alpha value is -1.47. The Kier molecular flexibility index (Phi) is 2.93. The van der Waals surface area contributed by atoms with Gasteiger partial charge in [0.05, 0.1) is 0 Å². The van der Waals surface area contributed by atoms with E-state index in [1.54, 1.807) is 6.92 Å². The van der Waals surface area contributed by atoms with Crippen LogP contribution < -0.4 is 10.5 Å². The summed E-state index contributed by atoms with van der Waals surface area (Å²) >= 11 is 5.61. The van der Waals surface area contributed by atoms with Crippen LogP contribution in [0, 0.1) is 12.3 Å². The van der Waals surface area contributed by atoms with E-state index in [1.807, 2.05) is 0 Å². The molecule has 13 heavy (non-hydrogen) atoms. The molecule has 1 rings (SSSR count). The first-order chi connectivity index (χ1) is 6.11. The summed E-state index contributed by atoms with van der Waals surface area (Å²) in [7, 11) is 0. The van der Waals surface area contributed by atoms with Crippen molar-refractivity contribution in [2.24, 2.45) is 0 Å². The van der Waals surface area contributed by atoms with E-state index in [9.17, 15) is 0 Å². The lowest BCUT2D eigenvalue weighted by molar-refractivity contribution is 0.268. The lowest BCUT2D eigenvalue weighted by Crippen LogP contribution is -2.10. The molecule has 1 aromatic heterocycles. The minimum absolute atomic E-state index is 0.0618. The average molecular weight is 198 g/mol. The third-order valence-corrected chi connectivity index (χ3v) is 1.41. The Labute approximate surface area is 81.1 Å². The van der Waals surface area contributed by atoms with Crippen molar-refractivity contribution in [1.82, 2.24) is 9.97 Å². The number of aromatic nitrogens is 2. The van der Waals surface area contributed by atoms with Crippen LogP contribution in [0.1, 0.15) is 6.92 Å². The molecule has 0 saturated heterocycles. The third kappa shape index (κ3) is 2.80. The van der Waals surface area contributed by atoms with Crippen LogP contribution in [0.3, 0.4) is 0 Å². The highest BCUT2D eigenvalue weighted by Gasteiger charge is 2.04. The molecule has 1 atom stereocenters. The fourth-order valence-corrected chi connectivity index (χ4v) is 0.869. The SMILES string of the molecule is C#CC(C)Oc1cc(Cl)nc(N)n1. The van der Waals surface area contributed by atoms with Crippen LogP contribution in [0.25, 0.3) is 0 Å². The van der Waals surface area contributed by atoms with Crippen molar-refractivity contribution < 1.29 is 4.74 Å². The number of nitrogens with two attached hydrogens (primary N) is 1. The quantitative estimate of drug-likeness (QED) is 0.570. The molecule has 0 aliphatic carbocycles. The van der Waals surface area contributed by atoms with Gasteiger partial charge in [-0.2, -0.15) is 4.98 Å². The number of terminal acetylenes is 1. The second-order valence-electron chi connectivity index (χ2n) is 2.31. The maximum absolute atomic E-state index is 5.61. The van der Waals surface area contributed by atoms with Crippen molar-refractivity contribution in [1.29, 1.82) is 0 Å². The molecule has 1 unspecified atom stereocenters. The number of nitrogens with zero attached hydrogens (tertiary/aromatic N) is 2. The molecule has 5 heteroatoms. The van der Waals surface area contributed by atoms with Crippen LogP contribution in [0.2, 0.25) is 5.15 Å². The smallest absolute Gasteiger partial charge is 0.224 e.